The Bertz CT molecular complexity index is 196. The first-order valence-electron chi connectivity index (χ1n) is 8.62. The zero-order valence-electron chi connectivity index (χ0n) is 13.4. The maximum absolute atomic E-state index is 9.83. The van der Waals surface area contributed by atoms with Gasteiger partial charge in [-0.25, -0.2) is 0 Å². The molecule has 0 saturated carbocycles. The van der Waals surface area contributed by atoms with E-state index in [9.17, 15) is 4.80 Å². The van der Waals surface area contributed by atoms with Crippen molar-refractivity contribution in [1.29, 1.82) is 0 Å². The van der Waals surface area contributed by atoms with Crippen LogP contribution in [0.2, 0.25) is 6.04 Å². The average Bonchev–Trinajstić information content (AvgIpc) is 2.48. The quantitative estimate of drug-likeness (QED) is 0.319. The molecule has 0 bridgehead atoms. The fraction of sp³-hybridized carbons (Fsp3) is 1.00. The predicted molar refractivity (Wildman–Crippen MR) is 88.0 cm³/mol. The fourth-order valence-electron chi connectivity index (χ4n) is 2.50. The summed E-state index contributed by atoms with van der Waals surface area (Å²) >= 11 is 0. The Balaban J connectivity index is 3.17. The van der Waals surface area contributed by atoms with Gasteiger partial charge in [0.15, 0.2) is 0 Å². The highest BCUT2D eigenvalue weighted by molar-refractivity contribution is 6.72. The molecule has 0 amide bonds. The van der Waals surface area contributed by atoms with Gasteiger partial charge >= 0.3 is 0 Å². The van der Waals surface area contributed by atoms with E-state index in [1.54, 1.807) is 0 Å². The Labute approximate surface area is 126 Å². The molecule has 0 spiro atoms. The molecule has 0 aromatic carbocycles. The van der Waals surface area contributed by atoms with Crippen LogP contribution in [0.5, 0.6) is 0 Å². The Kier molecular flexibility index (Phi) is 14.1. The third-order valence-electron chi connectivity index (χ3n) is 4.08. The maximum Gasteiger partial charge on any atom is 0.238 e. The predicted octanol–water partition coefficient (Wildman–Crippen LogP) is 3.69. The van der Waals surface area contributed by atoms with E-state index in [0.717, 1.165) is 12.8 Å². The minimum atomic E-state index is -2.68. The lowest BCUT2D eigenvalue weighted by Gasteiger charge is -2.19. The first-order chi connectivity index (χ1) is 9.68. The standard InChI is InChI=1S/C16H36O3Si/c1-2-3-4-5-6-7-8-9-10-11-12-13-14-20(19,15-17)16-18/h17-19H,2-16H2,1H3. The monoisotopic (exact) mass is 304 g/mol. The van der Waals surface area contributed by atoms with Crippen molar-refractivity contribution in [2.45, 2.75) is 90.0 Å². The molecule has 0 heterocycles. The number of aliphatic hydroxyl groups is 2. The molecule has 0 aliphatic rings. The van der Waals surface area contributed by atoms with Gasteiger partial charge in [-0.15, -0.1) is 0 Å². The van der Waals surface area contributed by atoms with Crippen molar-refractivity contribution in [2.24, 2.45) is 0 Å². The molecule has 4 heteroatoms. The second-order valence-corrected chi connectivity index (χ2v) is 9.76. The molecule has 0 rings (SSSR count). The van der Waals surface area contributed by atoms with E-state index in [2.05, 4.69) is 6.92 Å². The van der Waals surface area contributed by atoms with Crippen molar-refractivity contribution in [1.82, 2.24) is 0 Å². The van der Waals surface area contributed by atoms with Crippen LogP contribution >= 0.6 is 0 Å². The van der Waals surface area contributed by atoms with E-state index in [1.807, 2.05) is 0 Å². The van der Waals surface area contributed by atoms with Crippen molar-refractivity contribution < 1.29 is 15.0 Å². The number of unbranched alkanes of at least 4 members (excludes halogenated alkanes) is 11. The zero-order valence-corrected chi connectivity index (χ0v) is 14.4. The van der Waals surface area contributed by atoms with Gasteiger partial charge in [-0.05, 0) is 6.04 Å². The molecule has 0 aliphatic carbocycles. The summed E-state index contributed by atoms with van der Waals surface area (Å²) in [6.07, 6.45) is 15.1. The van der Waals surface area contributed by atoms with E-state index >= 15 is 0 Å². The molecule has 0 fully saturated rings. The summed E-state index contributed by atoms with van der Waals surface area (Å²) in [6.45, 7) is 2.25. The highest BCUT2D eigenvalue weighted by atomic mass is 28.4. The van der Waals surface area contributed by atoms with Gasteiger partial charge in [-0.1, -0.05) is 84.0 Å². The second-order valence-electron chi connectivity index (χ2n) is 6.18. The van der Waals surface area contributed by atoms with Crippen molar-refractivity contribution in [3.8, 4) is 0 Å². The van der Waals surface area contributed by atoms with Crippen molar-refractivity contribution in [2.75, 3.05) is 12.5 Å². The van der Waals surface area contributed by atoms with Gasteiger partial charge < -0.3 is 15.0 Å². The Morgan fingerprint density at radius 2 is 0.950 bits per heavy atom. The highest BCUT2D eigenvalue weighted by Crippen LogP contribution is 2.15. The normalized spacial score (nSPS) is 12.0. The average molecular weight is 305 g/mol. The summed E-state index contributed by atoms with van der Waals surface area (Å²) in [6, 6.07) is 0.636. The summed E-state index contributed by atoms with van der Waals surface area (Å²) in [5, 5.41) is 18.0. The lowest BCUT2D eigenvalue weighted by Crippen LogP contribution is -2.44. The molecule has 122 valence electrons. The summed E-state index contributed by atoms with van der Waals surface area (Å²) < 4.78 is 0. The SMILES string of the molecule is CCCCCCCCCCCCCC[Si](O)(CO)CO. The van der Waals surface area contributed by atoms with Gasteiger partial charge in [0.2, 0.25) is 8.32 Å². The number of hydrogen-bond acceptors (Lipinski definition) is 3. The van der Waals surface area contributed by atoms with Crippen LogP contribution in [0.3, 0.4) is 0 Å². The minimum Gasteiger partial charge on any atom is -0.428 e. The zero-order chi connectivity index (χ0) is 15.1. The van der Waals surface area contributed by atoms with Crippen LogP contribution in [-0.4, -0.2) is 35.8 Å². The molecule has 0 radical (unpaired) electrons. The largest absolute Gasteiger partial charge is 0.428 e. The van der Waals surface area contributed by atoms with Gasteiger partial charge in [0.1, 0.15) is 0 Å². The molecule has 0 saturated heterocycles. The first-order valence-corrected chi connectivity index (χ1v) is 11.2. The number of rotatable bonds is 15. The molecule has 3 nitrogen and oxygen atoms in total. The minimum absolute atomic E-state index is 0.207. The van der Waals surface area contributed by atoms with Crippen LogP contribution in [-0.2, 0) is 0 Å². The Hall–Kier alpha value is 0.0969. The molecule has 3 N–H and O–H groups in total. The molecular formula is C16H36O3Si. The van der Waals surface area contributed by atoms with Crippen LogP contribution in [0.15, 0.2) is 0 Å². The van der Waals surface area contributed by atoms with Crippen LogP contribution in [0.4, 0.5) is 0 Å². The second kappa shape index (κ2) is 14.1. The maximum atomic E-state index is 9.83. The van der Waals surface area contributed by atoms with E-state index in [1.165, 1.54) is 64.2 Å². The van der Waals surface area contributed by atoms with Crippen LogP contribution < -0.4 is 0 Å². The summed E-state index contributed by atoms with van der Waals surface area (Å²) in [7, 11) is -2.68. The smallest absolute Gasteiger partial charge is 0.238 e. The van der Waals surface area contributed by atoms with Crippen LogP contribution in [0, 0.1) is 0 Å². The summed E-state index contributed by atoms with van der Waals surface area (Å²) in [5.41, 5.74) is 0. The molecule has 0 atom stereocenters. The third-order valence-corrected chi connectivity index (χ3v) is 6.55. The number of aliphatic hydroxyl groups excluding tert-OH is 2. The van der Waals surface area contributed by atoms with Crippen LogP contribution in [0.1, 0.15) is 84.0 Å². The van der Waals surface area contributed by atoms with Crippen molar-refractivity contribution >= 4 is 8.32 Å². The van der Waals surface area contributed by atoms with E-state index in [-0.39, 0.29) is 12.5 Å². The van der Waals surface area contributed by atoms with Crippen LogP contribution in [0.25, 0.3) is 0 Å². The van der Waals surface area contributed by atoms with Crippen molar-refractivity contribution in [3.05, 3.63) is 0 Å². The van der Waals surface area contributed by atoms with E-state index in [0.29, 0.717) is 6.04 Å². The third kappa shape index (κ3) is 11.9. The Morgan fingerprint density at radius 1 is 0.600 bits per heavy atom. The Morgan fingerprint density at radius 3 is 1.30 bits per heavy atom. The molecule has 0 aliphatic heterocycles. The lowest BCUT2D eigenvalue weighted by molar-refractivity contribution is 0.277. The van der Waals surface area contributed by atoms with Gasteiger partial charge in [-0.3, -0.25) is 0 Å². The molecule has 0 aromatic heterocycles. The van der Waals surface area contributed by atoms with E-state index in [4.69, 9.17) is 10.2 Å². The summed E-state index contributed by atoms with van der Waals surface area (Å²) in [5.74, 6) is 0. The molecule has 0 aromatic rings. The molecule has 0 unspecified atom stereocenters. The summed E-state index contributed by atoms with van der Waals surface area (Å²) in [4.78, 5) is 9.83. The highest BCUT2D eigenvalue weighted by Gasteiger charge is 2.28. The fourth-order valence-corrected chi connectivity index (χ4v) is 3.83. The van der Waals surface area contributed by atoms with Gasteiger partial charge in [0.25, 0.3) is 0 Å². The lowest BCUT2D eigenvalue weighted by atomic mass is 10.1. The topological polar surface area (TPSA) is 60.7 Å². The molecular weight excluding hydrogens is 268 g/mol. The number of hydrogen-bond donors (Lipinski definition) is 3. The van der Waals surface area contributed by atoms with Crippen molar-refractivity contribution in [3.63, 3.8) is 0 Å². The van der Waals surface area contributed by atoms with Gasteiger partial charge in [-0.2, -0.15) is 0 Å². The first kappa shape index (κ1) is 20.1. The van der Waals surface area contributed by atoms with E-state index < -0.39 is 8.32 Å². The van der Waals surface area contributed by atoms with Gasteiger partial charge in [0.05, 0.1) is 12.5 Å². The van der Waals surface area contributed by atoms with Gasteiger partial charge in [0, 0.05) is 0 Å². The molecule has 20 heavy (non-hydrogen) atoms.